The Kier molecular flexibility index (Phi) is 5.71. The molecule has 24 heavy (non-hydrogen) atoms. The lowest BCUT2D eigenvalue weighted by Crippen LogP contribution is -2.00. The van der Waals surface area contributed by atoms with E-state index < -0.39 is 0 Å². The quantitative estimate of drug-likeness (QED) is 0.260. The molecule has 3 rings (SSSR count). The number of aromatic nitrogens is 2. The molecule has 0 amide bonds. The van der Waals surface area contributed by atoms with E-state index >= 15 is 0 Å². The Morgan fingerprint density at radius 2 is 2.08 bits per heavy atom. The minimum atomic E-state index is -0.180. The van der Waals surface area contributed by atoms with Crippen LogP contribution < -0.4 is 0 Å². The van der Waals surface area contributed by atoms with Gasteiger partial charge in [-0.3, -0.25) is 4.79 Å². The van der Waals surface area contributed by atoms with Crippen LogP contribution in [0.25, 0.3) is 21.3 Å². The highest BCUT2D eigenvalue weighted by atomic mass is 35.5. The van der Waals surface area contributed by atoms with Gasteiger partial charge in [0.25, 0.3) is 0 Å². The maximum atomic E-state index is 11.2. The Balaban J connectivity index is 1.84. The van der Waals surface area contributed by atoms with Crippen molar-refractivity contribution in [3.05, 3.63) is 41.0 Å². The van der Waals surface area contributed by atoms with E-state index in [0.717, 1.165) is 38.5 Å². The Morgan fingerprint density at radius 3 is 2.83 bits per heavy atom. The van der Waals surface area contributed by atoms with Crippen LogP contribution in [0, 0.1) is 0 Å². The monoisotopic (exact) mass is 378 g/mol. The molecule has 0 unspecified atom stereocenters. The number of fused-ring (bicyclic) bond motifs is 1. The smallest absolute Gasteiger partial charge is 0.305 e. The summed E-state index contributed by atoms with van der Waals surface area (Å²) in [6.45, 7) is 0. The fraction of sp³-hybridized carbons (Fsp3) is 0.235. The topological polar surface area (TPSA) is 52.1 Å². The first-order chi connectivity index (χ1) is 11.7. The van der Waals surface area contributed by atoms with Gasteiger partial charge in [-0.2, -0.15) is 0 Å². The van der Waals surface area contributed by atoms with Crippen molar-refractivity contribution >= 4 is 50.9 Å². The van der Waals surface area contributed by atoms with Crippen LogP contribution in [-0.4, -0.2) is 28.8 Å². The number of hydrogen-bond donors (Lipinski definition) is 0. The first kappa shape index (κ1) is 17.2. The molecular formula is C17H15ClN2O2S2. The second kappa shape index (κ2) is 7.96. The van der Waals surface area contributed by atoms with E-state index in [-0.39, 0.29) is 5.97 Å². The van der Waals surface area contributed by atoms with E-state index in [9.17, 15) is 4.79 Å². The molecule has 0 aliphatic heterocycles. The summed E-state index contributed by atoms with van der Waals surface area (Å²) in [7, 11) is 1.41. The van der Waals surface area contributed by atoms with Gasteiger partial charge in [-0.1, -0.05) is 23.7 Å². The maximum absolute atomic E-state index is 11.2. The largest absolute Gasteiger partial charge is 0.469 e. The molecule has 0 spiro atoms. The molecule has 0 N–H and O–H groups in total. The Bertz CT molecular complexity index is 849. The summed E-state index contributed by atoms with van der Waals surface area (Å²) in [5.74, 6) is 0.623. The summed E-state index contributed by atoms with van der Waals surface area (Å²) in [6.07, 6.45) is 2.77. The minimum Gasteiger partial charge on any atom is -0.469 e. The number of thioether (sulfide) groups is 1. The highest BCUT2D eigenvalue weighted by Crippen LogP contribution is 2.38. The predicted octanol–water partition coefficient (Wildman–Crippen LogP) is 5.06. The van der Waals surface area contributed by atoms with E-state index in [1.807, 2.05) is 24.3 Å². The zero-order valence-corrected chi connectivity index (χ0v) is 15.4. The number of thiophene rings is 1. The zero-order valence-electron chi connectivity index (χ0n) is 13.0. The molecule has 2 heterocycles. The average molecular weight is 379 g/mol. The molecular weight excluding hydrogens is 364 g/mol. The Morgan fingerprint density at radius 1 is 1.29 bits per heavy atom. The Hall–Kier alpha value is -1.63. The summed E-state index contributed by atoms with van der Waals surface area (Å²) in [4.78, 5) is 21.0. The molecule has 3 aromatic rings. The molecule has 0 saturated heterocycles. The van der Waals surface area contributed by atoms with Crippen LogP contribution in [0.1, 0.15) is 12.8 Å². The van der Waals surface area contributed by atoms with Crippen molar-refractivity contribution in [3.63, 3.8) is 0 Å². The lowest BCUT2D eigenvalue weighted by Gasteiger charge is -2.05. The maximum Gasteiger partial charge on any atom is 0.305 e. The number of benzene rings is 1. The van der Waals surface area contributed by atoms with Crippen molar-refractivity contribution in [1.82, 2.24) is 9.97 Å². The van der Waals surface area contributed by atoms with E-state index in [1.165, 1.54) is 7.11 Å². The SMILES string of the molecule is COC(=O)CCCSc1ncnc2scc(-c3ccc(Cl)cc3)c12. The summed E-state index contributed by atoms with van der Waals surface area (Å²) < 4.78 is 4.66. The molecule has 124 valence electrons. The van der Waals surface area contributed by atoms with Gasteiger partial charge in [0.1, 0.15) is 16.2 Å². The highest BCUT2D eigenvalue weighted by Gasteiger charge is 2.13. The molecule has 0 radical (unpaired) electrons. The first-order valence-corrected chi connectivity index (χ1v) is 9.61. The third kappa shape index (κ3) is 3.88. The van der Waals surface area contributed by atoms with Crippen LogP contribution in [-0.2, 0) is 9.53 Å². The van der Waals surface area contributed by atoms with Crippen LogP contribution in [0.4, 0.5) is 0 Å². The Labute approximate surface area is 153 Å². The standard InChI is InChI=1S/C17H15ClN2O2S2/c1-22-14(21)3-2-8-23-16-15-13(9-24-17(15)20-10-19-16)11-4-6-12(18)7-5-11/h4-7,9-10H,2-3,8H2,1H3. The third-order valence-corrected chi connectivity index (χ3v) is 5.70. The van der Waals surface area contributed by atoms with Gasteiger partial charge in [-0.15, -0.1) is 23.1 Å². The first-order valence-electron chi connectivity index (χ1n) is 7.37. The summed E-state index contributed by atoms with van der Waals surface area (Å²) in [5, 5.41) is 4.82. The molecule has 0 aliphatic rings. The summed E-state index contributed by atoms with van der Waals surface area (Å²) in [6, 6.07) is 7.77. The van der Waals surface area contributed by atoms with Crippen LogP contribution in [0.2, 0.25) is 5.02 Å². The predicted molar refractivity (Wildman–Crippen MR) is 99.8 cm³/mol. The van der Waals surface area contributed by atoms with Gasteiger partial charge >= 0.3 is 5.97 Å². The minimum absolute atomic E-state index is 0.180. The molecule has 1 aromatic carbocycles. The van der Waals surface area contributed by atoms with Crippen molar-refractivity contribution in [3.8, 4) is 11.1 Å². The molecule has 0 saturated carbocycles. The van der Waals surface area contributed by atoms with Crippen LogP contribution >= 0.6 is 34.7 Å². The second-order valence-corrected chi connectivity index (χ2v) is 7.42. The van der Waals surface area contributed by atoms with E-state index in [0.29, 0.717) is 11.4 Å². The van der Waals surface area contributed by atoms with Crippen molar-refractivity contribution in [1.29, 1.82) is 0 Å². The highest BCUT2D eigenvalue weighted by molar-refractivity contribution is 7.99. The van der Waals surface area contributed by atoms with Gasteiger partial charge in [-0.25, -0.2) is 9.97 Å². The molecule has 4 nitrogen and oxygen atoms in total. The number of rotatable bonds is 6. The lowest BCUT2D eigenvalue weighted by molar-refractivity contribution is -0.140. The fourth-order valence-electron chi connectivity index (χ4n) is 2.29. The number of carbonyl (C=O) groups is 1. The van der Waals surface area contributed by atoms with Gasteiger partial charge in [-0.05, 0) is 24.1 Å². The van der Waals surface area contributed by atoms with Crippen molar-refractivity contribution in [2.75, 3.05) is 12.9 Å². The third-order valence-electron chi connectivity index (χ3n) is 3.48. The molecule has 0 atom stereocenters. The van der Waals surface area contributed by atoms with Crippen molar-refractivity contribution < 1.29 is 9.53 Å². The average Bonchev–Trinajstić information content (AvgIpc) is 3.04. The molecule has 2 aromatic heterocycles. The lowest BCUT2D eigenvalue weighted by atomic mass is 10.1. The van der Waals surface area contributed by atoms with Gasteiger partial charge in [0.05, 0.1) is 12.5 Å². The van der Waals surface area contributed by atoms with E-state index in [2.05, 4.69) is 20.1 Å². The molecule has 7 heteroatoms. The van der Waals surface area contributed by atoms with Crippen molar-refractivity contribution in [2.24, 2.45) is 0 Å². The van der Waals surface area contributed by atoms with Crippen LogP contribution in [0.3, 0.4) is 0 Å². The number of methoxy groups -OCH3 is 1. The molecule has 0 fully saturated rings. The van der Waals surface area contributed by atoms with Crippen LogP contribution in [0.5, 0.6) is 0 Å². The number of ether oxygens (including phenoxy) is 1. The van der Waals surface area contributed by atoms with Crippen molar-refractivity contribution in [2.45, 2.75) is 17.9 Å². The zero-order chi connectivity index (χ0) is 16.9. The van der Waals surface area contributed by atoms with Gasteiger partial charge < -0.3 is 4.74 Å². The van der Waals surface area contributed by atoms with Gasteiger partial charge in [0, 0.05) is 28.1 Å². The molecule has 0 bridgehead atoms. The van der Waals surface area contributed by atoms with E-state index in [1.54, 1.807) is 29.4 Å². The summed E-state index contributed by atoms with van der Waals surface area (Å²) in [5.41, 5.74) is 2.21. The van der Waals surface area contributed by atoms with Gasteiger partial charge in [0.15, 0.2) is 0 Å². The fourth-order valence-corrected chi connectivity index (χ4v) is 4.35. The number of hydrogen-bond acceptors (Lipinski definition) is 6. The number of halogens is 1. The van der Waals surface area contributed by atoms with Crippen LogP contribution in [0.15, 0.2) is 41.0 Å². The second-order valence-electron chi connectivity index (χ2n) is 5.04. The number of nitrogens with zero attached hydrogens (tertiary/aromatic N) is 2. The molecule has 0 aliphatic carbocycles. The number of esters is 1. The summed E-state index contributed by atoms with van der Waals surface area (Å²) >= 11 is 9.22. The number of carbonyl (C=O) groups excluding carboxylic acids is 1. The van der Waals surface area contributed by atoms with Gasteiger partial charge in [0.2, 0.25) is 0 Å². The van der Waals surface area contributed by atoms with E-state index in [4.69, 9.17) is 11.6 Å². The normalized spacial score (nSPS) is 10.9.